The number of carbonyl (C=O) groups excluding carboxylic acids is 2. The van der Waals surface area contributed by atoms with Crippen molar-refractivity contribution >= 4 is 34.7 Å². The van der Waals surface area contributed by atoms with Crippen LogP contribution in [-0.2, 0) is 22.3 Å². The van der Waals surface area contributed by atoms with E-state index in [9.17, 15) is 22.8 Å². The fourth-order valence-corrected chi connectivity index (χ4v) is 5.14. The zero-order chi connectivity index (χ0) is 27.7. The third kappa shape index (κ3) is 5.66. The van der Waals surface area contributed by atoms with Crippen LogP contribution >= 0.6 is 12.2 Å². The maximum absolute atomic E-state index is 13.5. The van der Waals surface area contributed by atoms with Crippen LogP contribution in [0.4, 0.5) is 18.9 Å². The van der Waals surface area contributed by atoms with Gasteiger partial charge < -0.3 is 9.64 Å². The van der Waals surface area contributed by atoms with Crippen LogP contribution in [0.15, 0.2) is 42.5 Å². The first kappa shape index (κ1) is 27.5. The van der Waals surface area contributed by atoms with E-state index in [2.05, 4.69) is 4.90 Å². The molecule has 0 aliphatic carbocycles. The van der Waals surface area contributed by atoms with E-state index in [1.807, 2.05) is 24.3 Å². The Morgan fingerprint density at radius 2 is 1.84 bits per heavy atom. The maximum Gasteiger partial charge on any atom is 0.417 e. The van der Waals surface area contributed by atoms with Crippen LogP contribution in [0.5, 0.6) is 5.75 Å². The first-order valence-corrected chi connectivity index (χ1v) is 12.6. The molecule has 0 unspecified atom stereocenters. The summed E-state index contributed by atoms with van der Waals surface area (Å²) in [6, 6.07) is 12.3. The van der Waals surface area contributed by atoms with Gasteiger partial charge in [0.25, 0.3) is 5.91 Å². The van der Waals surface area contributed by atoms with E-state index in [4.69, 9.17) is 22.2 Å². The van der Waals surface area contributed by atoms with Crippen molar-refractivity contribution in [1.29, 1.82) is 5.26 Å². The monoisotopic (exact) mass is 544 g/mol. The average Bonchev–Trinajstić information content (AvgIpc) is 3.34. The highest BCUT2D eigenvalue weighted by molar-refractivity contribution is 7.80. The number of rotatable bonds is 8. The van der Waals surface area contributed by atoms with Crippen molar-refractivity contribution in [2.75, 3.05) is 31.1 Å². The summed E-state index contributed by atoms with van der Waals surface area (Å²) < 4.78 is 46.3. The molecule has 2 aromatic carbocycles. The second-order valence-electron chi connectivity index (χ2n) is 9.82. The molecule has 1 amide bonds. The second kappa shape index (κ2) is 10.7. The van der Waals surface area contributed by atoms with Gasteiger partial charge in [-0.05, 0) is 68.4 Å². The number of ketones is 1. The lowest BCUT2D eigenvalue weighted by Crippen LogP contribution is -2.44. The standard InChI is InChI=1S/C27H27F3N4O3S/c1-26(2)24(36)34(20-7-6-19(15-31)23(14-20)27(28,29)30)25(38)33(26)11-3-13-37-22-8-4-18(5-9-22)16-32-12-10-21(35)17-32/h4-9,14H,3,10-13,16-17H2,1-2H3. The van der Waals surface area contributed by atoms with E-state index in [0.29, 0.717) is 44.8 Å². The Labute approximate surface area is 224 Å². The Morgan fingerprint density at radius 3 is 2.45 bits per heavy atom. The predicted molar refractivity (Wildman–Crippen MR) is 138 cm³/mol. The first-order chi connectivity index (χ1) is 17.9. The number of carbonyl (C=O) groups is 2. The molecule has 0 radical (unpaired) electrons. The molecule has 38 heavy (non-hydrogen) atoms. The van der Waals surface area contributed by atoms with E-state index in [1.54, 1.807) is 24.8 Å². The van der Waals surface area contributed by atoms with Crippen LogP contribution in [0.25, 0.3) is 0 Å². The largest absolute Gasteiger partial charge is 0.494 e. The number of halogens is 3. The number of nitriles is 1. The van der Waals surface area contributed by atoms with Crippen molar-refractivity contribution in [3.05, 3.63) is 59.2 Å². The van der Waals surface area contributed by atoms with E-state index in [1.165, 1.54) is 6.07 Å². The molecule has 0 atom stereocenters. The summed E-state index contributed by atoms with van der Waals surface area (Å²) in [5.41, 5.74) is -1.64. The highest BCUT2D eigenvalue weighted by atomic mass is 32.1. The lowest BCUT2D eigenvalue weighted by Gasteiger charge is -2.29. The van der Waals surface area contributed by atoms with Crippen LogP contribution in [0, 0.1) is 11.3 Å². The number of hydrogen-bond donors (Lipinski definition) is 0. The highest BCUT2D eigenvalue weighted by Gasteiger charge is 2.49. The predicted octanol–water partition coefficient (Wildman–Crippen LogP) is 4.53. The molecule has 2 aromatic rings. The van der Waals surface area contributed by atoms with Crippen LogP contribution in [-0.4, -0.2) is 58.4 Å². The van der Waals surface area contributed by atoms with Gasteiger partial charge in [0.1, 0.15) is 17.1 Å². The van der Waals surface area contributed by atoms with Gasteiger partial charge in [-0.1, -0.05) is 12.1 Å². The van der Waals surface area contributed by atoms with Gasteiger partial charge in [-0.15, -0.1) is 0 Å². The number of thiocarbonyl (C=S) groups is 1. The quantitative estimate of drug-likeness (QED) is 0.357. The highest BCUT2D eigenvalue weighted by Crippen LogP contribution is 2.37. The normalized spacial score (nSPS) is 17.8. The Bertz CT molecular complexity index is 1290. The Hall–Kier alpha value is -3.49. The number of ether oxygens (including phenoxy) is 1. The number of amides is 1. The third-order valence-electron chi connectivity index (χ3n) is 6.74. The molecule has 11 heteroatoms. The number of Topliss-reactive ketones (excluding diaryl/α,β-unsaturated/α-hetero) is 1. The van der Waals surface area contributed by atoms with Crippen LogP contribution in [0.3, 0.4) is 0 Å². The van der Waals surface area contributed by atoms with Gasteiger partial charge >= 0.3 is 6.18 Å². The number of likely N-dealkylation sites (tertiary alicyclic amines) is 1. The van der Waals surface area contributed by atoms with Crippen molar-refractivity contribution in [3.8, 4) is 11.8 Å². The summed E-state index contributed by atoms with van der Waals surface area (Å²) in [5, 5.41) is 9.16. The van der Waals surface area contributed by atoms with Gasteiger partial charge in [-0.3, -0.25) is 19.4 Å². The lowest BCUT2D eigenvalue weighted by atomic mass is 10.0. The molecular weight excluding hydrogens is 517 g/mol. The lowest BCUT2D eigenvalue weighted by molar-refractivity contribution is -0.137. The molecule has 0 saturated carbocycles. The summed E-state index contributed by atoms with van der Waals surface area (Å²) in [4.78, 5) is 29.5. The first-order valence-electron chi connectivity index (χ1n) is 12.1. The van der Waals surface area contributed by atoms with E-state index < -0.39 is 28.7 Å². The molecule has 2 aliphatic rings. The Balaban J connectivity index is 1.36. The Kier molecular flexibility index (Phi) is 7.76. The molecule has 2 aliphatic heterocycles. The molecule has 7 nitrogen and oxygen atoms in total. The molecule has 2 saturated heterocycles. The van der Waals surface area contributed by atoms with Crippen molar-refractivity contribution < 1.29 is 27.5 Å². The van der Waals surface area contributed by atoms with Crippen LogP contribution in [0.1, 0.15) is 43.4 Å². The molecule has 0 bridgehead atoms. The molecule has 0 N–H and O–H groups in total. The van der Waals surface area contributed by atoms with Crippen LogP contribution in [0.2, 0.25) is 0 Å². The van der Waals surface area contributed by atoms with Gasteiger partial charge in [0.2, 0.25) is 0 Å². The van der Waals surface area contributed by atoms with Crippen LogP contribution < -0.4 is 9.64 Å². The smallest absolute Gasteiger partial charge is 0.417 e. The zero-order valence-electron chi connectivity index (χ0n) is 21.0. The van der Waals surface area contributed by atoms with E-state index in [0.717, 1.165) is 29.1 Å². The number of benzene rings is 2. The summed E-state index contributed by atoms with van der Waals surface area (Å²) in [6.07, 6.45) is -3.63. The fourth-order valence-electron chi connectivity index (χ4n) is 4.63. The molecule has 200 valence electrons. The SMILES string of the molecule is CC1(C)C(=O)N(c2ccc(C#N)c(C(F)(F)F)c2)C(=S)N1CCCOc1ccc(CN2CCC(=O)C2)cc1. The number of hydrogen-bond acceptors (Lipinski definition) is 6. The van der Waals surface area contributed by atoms with Gasteiger partial charge in [0.05, 0.1) is 36.0 Å². The van der Waals surface area contributed by atoms with E-state index in [-0.39, 0.29) is 16.6 Å². The van der Waals surface area contributed by atoms with Crippen molar-refractivity contribution in [2.24, 2.45) is 0 Å². The van der Waals surface area contributed by atoms with Gasteiger partial charge in [-0.2, -0.15) is 18.4 Å². The molecule has 0 aromatic heterocycles. The number of alkyl halides is 3. The fraction of sp³-hybridized carbons (Fsp3) is 0.407. The van der Waals surface area contributed by atoms with Crippen molar-refractivity contribution in [2.45, 2.75) is 44.9 Å². The number of anilines is 1. The minimum absolute atomic E-state index is 0.0310. The molecule has 2 heterocycles. The molecule has 2 fully saturated rings. The topological polar surface area (TPSA) is 76.9 Å². The zero-order valence-corrected chi connectivity index (χ0v) is 21.9. The minimum Gasteiger partial charge on any atom is -0.494 e. The molecule has 0 spiro atoms. The minimum atomic E-state index is -4.75. The summed E-state index contributed by atoms with van der Waals surface area (Å²) in [5.74, 6) is 0.499. The number of nitrogens with zero attached hydrogens (tertiary/aromatic N) is 4. The summed E-state index contributed by atoms with van der Waals surface area (Å²) in [6.45, 7) is 6.02. The van der Waals surface area contributed by atoms with Crippen molar-refractivity contribution in [3.63, 3.8) is 0 Å². The molecule has 4 rings (SSSR count). The van der Waals surface area contributed by atoms with Gasteiger partial charge in [0.15, 0.2) is 5.11 Å². The third-order valence-corrected chi connectivity index (χ3v) is 7.14. The summed E-state index contributed by atoms with van der Waals surface area (Å²) in [7, 11) is 0. The Morgan fingerprint density at radius 1 is 1.13 bits per heavy atom. The van der Waals surface area contributed by atoms with Crippen molar-refractivity contribution in [1.82, 2.24) is 9.80 Å². The summed E-state index contributed by atoms with van der Waals surface area (Å²) >= 11 is 5.51. The maximum atomic E-state index is 13.5. The average molecular weight is 545 g/mol. The molecular formula is C27H27F3N4O3S. The van der Waals surface area contributed by atoms with Gasteiger partial charge in [0, 0.05) is 26.1 Å². The van der Waals surface area contributed by atoms with E-state index >= 15 is 0 Å². The second-order valence-corrected chi connectivity index (χ2v) is 10.2. The van der Waals surface area contributed by atoms with Gasteiger partial charge in [-0.25, -0.2) is 0 Å².